The molecule has 1 aromatic carbocycles. The molecule has 3 heteroatoms. The Bertz CT molecular complexity index is 596. The smallest absolute Gasteiger partial charge is 0.267 e. The molecule has 0 aliphatic carbocycles. The van der Waals surface area contributed by atoms with E-state index in [1.54, 1.807) is 6.07 Å². The largest absolute Gasteiger partial charge is 0.290 e. The van der Waals surface area contributed by atoms with Crippen LogP contribution in [0.1, 0.15) is 43.0 Å². The molecule has 0 aliphatic heterocycles. The van der Waals surface area contributed by atoms with Crippen molar-refractivity contribution in [3.8, 4) is 6.07 Å². The van der Waals surface area contributed by atoms with Crippen molar-refractivity contribution in [3.05, 3.63) is 59.3 Å². The highest BCUT2D eigenvalue weighted by Crippen LogP contribution is 2.19. The first-order valence-corrected chi connectivity index (χ1v) is 7.00. The summed E-state index contributed by atoms with van der Waals surface area (Å²) in [5.74, 6) is 0.764. The summed E-state index contributed by atoms with van der Waals surface area (Å²) in [4.78, 5) is 3.09. The summed E-state index contributed by atoms with van der Waals surface area (Å²) in [5, 5.41) is 12.4. The first kappa shape index (κ1) is 14.1. The minimum absolute atomic E-state index is 0.149. The van der Waals surface area contributed by atoms with Crippen molar-refractivity contribution < 1.29 is 4.98 Å². The molecule has 0 spiro atoms. The maximum absolute atomic E-state index is 9.09. The van der Waals surface area contributed by atoms with Crippen LogP contribution < -0.4 is 10.3 Å². The molecule has 0 saturated heterocycles. The van der Waals surface area contributed by atoms with Crippen molar-refractivity contribution in [2.75, 3.05) is 5.32 Å². The van der Waals surface area contributed by atoms with Gasteiger partial charge in [-0.05, 0) is 36.6 Å². The molecule has 1 aromatic heterocycles. The second-order valence-electron chi connectivity index (χ2n) is 4.93. The minimum Gasteiger partial charge on any atom is -0.267 e. The summed E-state index contributed by atoms with van der Waals surface area (Å²) in [6.45, 7) is 4.28. The van der Waals surface area contributed by atoms with E-state index in [1.807, 2.05) is 12.3 Å². The zero-order chi connectivity index (χ0) is 14.4. The Kier molecular flexibility index (Phi) is 4.73. The van der Waals surface area contributed by atoms with Crippen LogP contribution in [0.25, 0.3) is 0 Å². The van der Waals surface area contributed by atoms with Crippen LogP contribution in [-0.4, -0.2) is 0 Å². The van der Waals surface area contributed by atoms with Gasteiger partial charge >= 0.3 is 0 Å². The number of H-pyrrole nitrogens is 1. The standard InChI is InChI=1S/C17H19N3/c1-3-5-14-7-9-15(10-8-14)13(2)20-17-16(12-18)6-4-11-19-17/h4,6-11,13H,3,5H2,1-2H3,(H,19,20)/p+1/t13-/m0/s1. The number of pyridine rings is 1. The van der Waals surface area contributed by atoms with Crippen molar-refractivity contribution in [1.29, 1.82) is 5.26 Å². The molecular weight excluding hydrogens is 246 g/mol. The van der Waals surface area contributed by atoms with Crippen molar-refractivity contribution >= 4 is 5.82 Å². The lowest BCUT2D eigenvalue weighted by molar-refractivity contribution is -0.361. The zero-order valence-corrected chi connectivity index (χ0v) is 12.0. The Morgan fingerprint density at radius 2 is 2.00 bits per heavy atom. The van der Waals surface area contributed by atoms with E-state index in [0.717, 1.165) is 18.7 Å². The topological polar surface area (TPSA) is 50.0 Å². The van der Waals surface area contributed by atoms with Gasteiger partial charge in [-0.15, -0.1) is 0 Å². The molecule has 0 fully saturated rings. The molecule has 2 aromatic rings. The number of anilines is 1. The second kappa shape index (κ2) is 6.72. The molecule has 20 heavy (non-hydrogen) atoms. The van der Waals surface area contributed by atoms with Crippen molar-refractivity contribution in [1.82, 2.24) is 0 Å². The fraction of sp³-hybridized carbons (Fsp3) is 0.294. The van der Waals surface area contributed by atoms with Gasteiger partial charge in [-0.3, -0.25) is 5.32 Å². The van der Waals surface area contributed by atoms with Crippen LogP contribution in [0.3, 0.4) is 0 Å². The lowest BCUT2D eigenvalue weighted by Crippen LogP contribution is -2.17. The Morgan fingerprint density at radius 1 is 1.25 bits per heavy atom. The van der Waals surface area contributed by atoms with E-state index in [1.165, 1.54) is 11.1 Å². The number of nitrogens with zero attached hydrogens (tertiary/aromatic N) is 1. The molecule has 0 saturated carbocycles. The summed E-state index contributed by atoms with van der Waals surface area (Å²) in [5.41, 5.74) is 3.21. The van der Waals surface area contributed by atoms with Gasteiger partial charge in [0.15, 0.2) is 0 Å². The van der Waals surface area contributed by atoms with Crippen LogP contribution in [0.5, 0.6) is 0 Å². The van der Waals surface area contributed by atoms with Crippen molar-refractivity contribution in [2.45, 2.75) is 32.7 Å². The van der Waals surface area contributed by atoms with Crippen LogP contribution >= 0.6 is 0 Å². The SMILES string of the molecule is CCCc1ccc([C@H](C)Nc2[nH+]cccc2C#N)cc1. The predicted octanol–water partition coefficient (Wildman–Crippen LogP) is 3.50. The highest BCUT2D eigenvalue weighted by Gasteiger charge is 2.14. The molecule has 2 rings (SSSR count). The maximum Gasteiger partial charge on any atom is 0.290 e. The van der Waals surface area contributed by atoms with Crippen LogP contribution in [0.15, 0.2) is 42.6 Å². The molecule has 0 radical (unpaired) electrons. The van der Waals surface area contributed by atoms with Gasteiger partial charge in [0.1, 0.15) is 17.7 Å². The van der Waals surface area contributed by atoms with Crippen LogP contribution in [0, 0.1) is 11.3 Å². The van der Waals surface area contributed by atoms with E-state index in [2.05, 4.69) is 54.5 Å². The number of benzene rings is 1. The van der Waals surface area contributed by atoms with Gasteiger partial charge in [0.05, 0.1) is 6.20 Å². The molecular formula is C17H20N3+. The Morgan fingerprint density at radius 3 is 2.65 bits per heavy atom. The second-order valence-corrected chi connectivity index (χ2v) is 4.93. The highest BCUT2D eigenvalue weighted by atomic mass is 15.0. The van der Waals surface area contributed by atoms with Crippen molar-refractivity contribution in [2.24, 2.45) is 0 Å². The fourth-order valence-electron chi connectivity index (χ4n) is 2.21. The van der Waals surface area contributed by atoms with E-state index >= 15 is 0 Å². The molecule has 102 valence electrons. The molecule has 0 aliphatic rings. The van der Waals surface area contributed by atoms with Gasteiger partial charge in [0.2, 0.25) is 0 Å². The number of hydrogen-bond donors (Lipinski definition) is 1. The number of nitrogens with one attached hydrogen (secondary N) is 2. The van der Waals surface area contributed by atoms with Crippen LogP contribution in [-0.2, 0) is 6.42 Å². The van der Waals surface area contributed by atoms with E-state index in [9.17, 15) is 0 Å². The lowest BCUT2D eigenvalue weighted by Gasteiger charge is -2.10. The number of rotatable bonds is 5. The third-order valence-corrected chi connectivity index (χ3v) is 3.36. The number of hydrogen-bond acceptors (Lipinski definition) is 2. The fourth-order valence-corrected chi connectivity index (χ4v) is 2.21. The Labute approximate surface area is 120 Å². The monoisotopic (exact) mass is 266 g/mol. The van der Waals surface area contributed by atoms with Crippen LogP contribution in [0.2, 0.25) is 0 Å². The lowest BCUT2D eigenvalue weighted by atomic mass is 10.0. The van der Waals surface area contributed by atoms with E-state index in [-0.39, 0.29) is 6.04 Å². The maximum atomic E-state index is 9.09. The number of aromatic nitrogens is 1. The first-order valence-electron chi connectivity index (χ1n) is 7.00. The molecule has 2 N–H and O–H groups in total. The first-order chi connectivity index (χ1) is 9.74. The average Bonchev–Trinajstić information content (AvgIpc) is 2.49. The van der Waals surface area contributed by atoms with Gasteiger partial charge in [-0.1, -0.05) is 37.6 Å². The van der Waals surface area contributed by atoms with Gasteiger partial charge in [0, 0.05) is 0 Å². The molecule has 3 nitrogen and oxygen atoms in total. The molecule has 0 unspecified atom stereocenters. The number of nitriles is 1. The average molecular weight is 266 g/mol. The van der Waals surface area contributed by atoms with E-state index < -0.39 is 0 Å². The number of aryl methyl sites for hydroxylation is 1. The quantitative estimate of drug-likeness (QED) is 0.900. The zero-order valence-electron chi connectivity index (χ0n) is 12.0. The third-order valence-electron chi connectivity index (χ3n) is 3.36. The number of aromatic amines is 1. The summed E-state index contributed by atoms with van der Waals surface area (Å²) >= 11 is 0. The molecule has 1 atom stereocenters. The third kappa shape index (κ3) is 3.36. The van der Waals surface area contributed by atoms with Gasteiger partial charge in [-0.2, -0.15) is 5.26 Å². The van der Waals surface area contributed by atoms with Crippen LogP contribution in [0.4, 0.5) is 5.82 Å². The molecule has 1 heterocycles. The van der Waals surface area contributed by atoms with Gasteiger partial charge < -0.3 is 0 Å². The summed E-state index contributed by atoms with van der Waals surface area (Å²) < 4.78 is 0. The predicted molar refractivity (Wildman–Crippen MR) is 80.2 cm³/mol. The summed E-state index contributed by atoms with van der Waals surface area (Å²) in [6, 6.07) is 14.6. The van der Waals surface area contributed by atoms with Gasteiger partial charge in [0.25, 0.3) is 5.82 Å². The minimum atomic E-state index is 0.149. The Balaban J connectivity index is 2.11. The summed E-state index contributed by atoms with van der Waals surface area (Å²) in [7, 11) is 0. The molecule has 0 amide bonds. The van der Waals surface area contributed by atoms with Gasteiger partial charge in [-0.25, -0.2) is 4.98 Å². The summed E-state index contributed by atoms with van der Waals surface area (Å²) in [6.07, 6.45) is 4.10. The van der Waals surface area contributed by atoms with E-state index in [0.29, 0.717) is 5.56 Å². The molecule has 0 bridgehead atoms. The normalized spacial score (nSPS) is 11.7. The van der Waals surface area contributed by atoms with Crippen molar-refractivity contribution in [3.63, 3.8) is 0 Å². The highest BCUT2D eigenvalue weighted by molar-refractivity contribution is 5.48. The van der Waals surface area contributed by atoms with E-state index in [4.69, 9.17) is 5.26 Å². The Hall–Kier alpha value is -2.34.